The maximum atomic E-state index is 12.3. The molecule has 1 N–H and O–H groups in total. The van der Waals surface area contributed by atoms with Crippen LogP contribution in [-0.2, 0) is 4.79 Å². The molecule has 1 amide bonds. The van der Waals surface area contributed by atoms with Gasteiger partial charge in [0.2, 0.25) is 11.1 Å². The van der Waals surface area contributed by atoms with E-state index in [1.54, 1.807) is 4.68 Å². The first kappa shape index (κ1) is 19.9. The molecule has 0 spiro atoms. The van der Waals surface area contributed by atoms with Crippen LogP contribution in [0.15, 0.2) is 53.7 Å². The molecule has 0 unspecified atom stereocenters. The van der Waals surface area contributed by atoms with Crippen LogP contribution in [0.25, 0.3) is 5.69 Å². The van der Waals surface area contributed by atoms with Crippen LogP contribution in [0.5, 0.6) is 0 Å². The SMILES string of the molecule is CCN(CC)c1ccc(NC(=O)CSc2nnnn2-c2ccccc2C)cc1. The second-order valence-corrected chi connectivity index (χ2v) is 7.16. The summed E-state index contributed by atoms with van der Waals surface area (Å²) in [5.41, 5.74) is 3.89. The predicted octanol–water partition coefficient (Wildman–Crippen LogP) is 3.55. The number of hydrogen-bond donors (Lipinski definition) is 1. The van der Waals surface area contributed by atoms with Gasteiger partial charge in [-0.25, -0.2) is 0 Å². The molecule has 2 aromatic carbocycles. The van der Waals surface area contributed by atoms with Gasteiger partial charge in [0.25, 0.3) is 0 Å². The van der Waals surface area contributed by atoms with E-state index < -0.39 is 0 Å². The molecule has 0 fully saturated rings. The van der Waals surface area contributed by atoms with Gasteiger partial charge in [0, 0.05) is 24.5 Å². The minimum atomic E-state index is -0.0973. The molecule has 3 aromatic rings. The van der Waals surface area contributed by atoms with E-state index in [0.29, 0.717) is 5.16 Å². The summed E-state index contributed by atoms with van der Waals surface area (Å²) in [7, 11) is 0. The van der Waals surface area contributed by atoms with Crippen LogP contribution in [0.2, 0.25) is 0 Å². The number of carbonyl (C=O) groups excluding carboxylic acids is 1. The first-order valence-electron chi connectivity index (χ1n) is 9.24. The molecule has 8 heteroatoms. The molecule has 1 heterocycles. The van der Waals surface area contributed by atoms with Crippen LogP contribution in [0.3, 0.4) is 0 Å². The van der Waals surface area contributed by atoms with Crippen molar-refractivity contribution in [1.82, 2.24) is 20.2 Å². The largest absolute Gasteiger partial charge is 0.372 e. The van der Waals surface area contributed by atoms with Crippen molar-refractivity contribution < 1.29 is 4.79 Å². The zero-order valence-electron chi connectivity index (χ0n) is 16.3. The molecule has 0 saturated carbocycles. The lowest BCUT2D eigenvalue weighted by molar-refractivity contribution is -0.113. The van der Waals surface area contributed by atoms with Gasteiger partial charge >= 0.3 is 0 Å². The topological polar surface area (TPSA) is 75.9 Å². The highest BCUT2D eigenvalue weighted by molar-refractivity contribution is 7.99. The number of anilines is 2. The molecular formula is C20H24N6OS. The second kappa shape index (κ2) is 9.36. The number of thioether (sulfide) groups is 1. The molecule has 0 saturated heterocycles. The Balaban J connectivity index is 1.60. The number of nitrogens with zero attached hydrogens (tertiary/aromatic N) is 5. The molecule has 0 bridgehead atoms. The third kappa shape index (κ3) is 4.69. The number of aryl methyl sites for hydroxylation is 1. The van der Waals surface area contributed by atoms with E-state index in [2.05, 4.69) is 39.6 Å². The number of hydrogen-bond acceptors (Lipinski definition) is 6. The van der Waals surface area contributed by atoms with Gasteiger partial charge in [-0.15, -0.1) is 5.10 Å². The molecule has 0 aliphatic rings. The molecule has 7 nitrogen and oxygen atoms in total. The van der Waals surface area contributed by atoms with Crippen molar-refractivity contribution in [3.8, 4) is 5.69 Å². The average Bonchev–Trinajstić information content (AvgIpc) is 3.17. The summed E-state index contributed by atoms with van der Waals surface area (Å²) in [6.45, 7) is 8.16. The second-order valence-electron chi connectivity index (χ2n) is 6.22. The molecule has 28 heavy (non-hydrogen) atoms. The third-order valence-electron chi connectivity index (χ3n) is 4.40. The lowest BCUT2D eigenvalue weighted by Gasteiger charge is -2.21. The lowest BCUT2D eigenvalue weighted by atomic mass is 10.2. The van der Waals surface area contributed by atoms with Crippen LogP contribution in [0.4, 0.5) is 11.4 Å². The van der Waals surface area contributed by atoms with E-state index in [1.165, 1.54) is 11.8 Å². The number of aromatic nitrogens is 4. The molecule has 0 atom stereocenters. The molecule has 0 radical (unpaired) electrons. The van der Waals surface area contributed by atoms with Crippen LogP contribution < -0.4 is 10.2 Å². The molecular weight excluding hydrogens is 372 g/mol. The summed E-state index contributed by atoms with van der Waals surface area (Å²) >= 11 is 1.31. The minimum absolute atomic E-state index is 0.0973. The number of nitrogens with one attached hydrogen (secondary N) is 1. The predicted molar refractivity (Wildman–Crippen MR) is 113 cm³/mol. The first-order valence-corrected chi connectivity index (χ1v) is 10.2. The summed E-state index contributed by atoms with van der Waals surface area (Å²) < 4.78 is 1.66. The summed E-state index contributed by atoms with van der Waals surface area (Å²) in [5, 5.41) is 15.3. The summed E-state index contributed by atoms with van der Waals surface area (Å²) in [4.78, 5) is 14.6. The van der Waals surface area contributed by atoms with Gasteiger partial charge in [0.15, 0.2) is 0 Å². The van der Waals surface area contributed by atoms with Gasteiger partial charge in [0.1, 0.15) is 0 Å². The van der Waals surface area contributed by atoms with Crippen molar-refractivity contribution in [2.24, 2.45) is 0 Å². The quantitative estimate of drug-likeness (QED) is 0.587. The summed E-state index contributed by atoms with van der Waals surface area (Å²) in [5.74, 6) is 0.129. The molecule has 1 aromatic heterocycles. The lowest BCUT2D eigenvalue weighted by Crippen LogP contribution is -2.21. The van der Waals surface area contributed by atoms with E-state index in [4.69, 9.17) is 0 Å². The summed E-state index contributed by atoms with van der Waals surface area (Å²) in [6, 6.07) is 15.7. The summed E-state index contributed by atoms with van der Waals surface area (Å²) in [6.07, 6.45) is 0. The Morgan fingerprint density at radius 1 is 1.11 bits per heavy atom. The van der Waals surface area contributed by atoms with Crippen molar-refractivity contribution in [3.05, 3.63) is 54.1 Å². The van der Waals surface area contributed by atoms with Crippen molar-refractivity contribution in [1.29, 1.82) is 0 Å². The van der Waals surface area contributed by atoms with E-state index in [1.807, 2.05) is 55.5 Å². The first-order chi connectivity index (χ1) is 13.6. The monoisotopic (exact) mass is 396 g/mol. The Morgan fingerprint density at radius 3 is 2.50 bits per heavy atom. The number of rotatable bonds is 8. The maximum absolute atomic E-state index is 12.3. The van der Waals surface area contributed by atoms with Gasteiger partial charge in [-0.05, 0) is 67.1 Å². The fourth-order valence-electron chi connectivity index (χ4n) is 2.89. The van der Waals surface area contributed by atoms with Crippen LogP contribution in [0.1, 0.15) is 19.4 Å². The normalized spacial score (nSPS) is 10.7. The minimum Gasteiger partial charge on any atom is -0.372 e. The number of amides is 1. The average molecular weight is 397 g/mol. The Bertz CT molecular complexity index is 920. The van der Waals surface area contributed by atoms with E-state index in [-0.39, 0.29) is 11.7 Å². The van der Waals surface area contributed by atoms with Crippen LogP contribution in [-0.4, -0.2) is 45.0 Å². The molecule has 3 rings (SSSR count). The highest BCUT2D eigenvalue weighted by Gasteiger charge is 2.13. The van der Waals surface area contributed by atoms with Crippen LogP contribution >= 0.6 is 11.8 Å². The Hall–Kier alpha value is -2.87. The van der Waals surface area contributed by atoms with Crippen LogP contribution in [0, 0.1) is 6.92 Å². The highest BCUT2D eigenvalue weighted by Crippen LogP contribution is 2.21. The molecule has 146 valence electrons. The Labute approximate surface area is 169 Å². The van der Waals surface area contributed by atoms with Crippen molar-refractivity contribution in [3.63, 3.8) is 0 Å². The zero-order valence-corrected chi connectivity index (χ0v) is 17.1. The highest BCUT2D eigenvalue weighted by atomic mass is 32.2. The van der Waals surface area contributed by atoms with Gasteiger partial charge in [-0.2, -0.15) is 4.68 Å². The smallest absolute Gasteiger partial charge is 0.234 e. The number of carbonyl (C=O) groups is 1. The Kier molecular flexibility index (Phi) is 6.65. The van der Waals surface area contributed by atoms with Gasteiger partial charge in [0.05, 0.1) is 11.4 Å². The fraction of sp³-hybridized carbons (Fsp3) is 0.300. The molecule has 0 aliphatic carbocycles. The number of benzene rings is 2. The number of tetrazole rings is 1. The third-order valence-corrected chi connectivity index (χ3v) is 5.32. The van der Waals surface area contributed by atoms with E-state index in [9.17, 15) is 4.79 Å². The molecule has 0 aliphatic heterocycles. The van der Waals surface area contributed by atoms with E-state index >= 15 is 0 Å². The fourth-order valence-corrected chi connectivity index (χ4v) is 3.58. The maximum Gasteiger partial charge on any atom is 0.234 e. The van der Waals surface area contributed by atoms with Crippen molar-refractivity contribution >= 4 is 29.0 Å². The standard InChI is InChI=1S/C20H24N6OS/c1-4-25(5-2)17-12-10-16(11-13-17)21-19(27)14-28-20-22-23-24-26(20)18-9-7-6-8-15(18)3/h6-13H,4-5,14H2,1-3H3,(H,21,27). The van der Waals surface area contributed by atoms with Crippen molar-refractivity contribution in [2.75, 3.05) is 29.1 Å². The van der Waals surface area contributed by atoms with Gasteiger partial charge in [-0.1, -0.05) is 30.0 Å². The van der Waals surface area contributed by atoms with Crippen molar-refractivity contribution in [2.45, 2.75) is 25.9 Å². The zero-order chi connectivity index (χ0) is 19.9. The Morgan fingerprint density at radius 2 is 1.82 bits per heavy atom. The van der Waals surface area contributed by atoms with E-state index in [0.717, 1.165) is 35.7 Å². The van der Waals surface area contributed by atoms with Gasteiger partial charge < -0.3 is 10.2 Å². The number of para-hydroxylation sites is 1. The van der Waals surface area contributed by atoms with Gasteiger partial charge in [-0.3, -0.25) is 4.79 Å².